The summed E-state index contributed by atoms with van der Waals surface area (Å²) in [5.74, 6) is -1.58. The fourth-order valence-corrected chi connectivity index (χ4v) is 5.73. The lowest BCUT2D eigenvalue weighted by molar-refractivity contribution is -0.155. The molecule has 2 aromatic rings. The minimum Gasteiger partial charge on any atom is -0.480 e. The number of aliphatic carboxylic acids is 1. The number of fused-ring (bicyclic) bond motifs is 1. The number of aromatic nitrogens is 4. The molecule has 0 spiro atoms. The van der Waals surface area contributed by atoms with E-state index >= 15 is 0 Å². The molecule has 0 radical (unpaired) electrons. The van der Waals surface area contributed by atoms with Crippen molar-refractivity contribution in [3.63, 3.8) is 0 Å². The number of ether oxygens (including phenoxy) is 2. The van der Waals surface area contributed by atoms with Crippen LogP contribution in [0.2, 0.25) is 0 Å². The number of imidazole rings is 1. The summed E-state index contributed by atoms with van der Waals surface area (Å²) in [7, 11) is -3.94. The number of hydrogen-bond donors (Lipinski definition) is 3. The summed E-state index contributed by atoms with van der Waals surface area (Å²) in [6.45, 7) is 6.80. The van der Waals surface area contributed by atoms with Gasteiger partial charge in [0.1, 0.15) is 23.7 Å². The van der Waals surface area contributed by atoms with Crippen LogP contribution in [0.4, 0.5) is 5.82 Å². The maximum absolute atomic E-state index is 13.7. The van der Waals surface area contributed by atoms with Crippen molar-refractivity contribution in [3.05, 3.63) is 12.7 Å². The summed E-state index contributed by atoms with van der Waals surface area (Å²) in [5.41, 5.74) is 5.40. The zero-order chi connectivity index (χ0) is 25.1. The van der Waals surface area contributed by atoms with E-state index < -0.39 is 43.6 Å². The summed E-state index contributed by atoms with van der Waals surface area (Å²) in [4.78, 5) is 36.4. The number of nitrogens with zero attached hydrogens (tertiary/aromatic N) is 4. The maximum Gasteiger partial charge on any atom is 0.335 e. The van der Waals surface area contributed by atoms with Gasteiger partial charge in [0.15, 0.2) is 17.6 Å². The van der Waals surface area contributed by atoms with E-state index in [1.54, 1.807) is 31.7 Å². The number of carboxylic acids is 1. The first-order chi connectivity index (χ1) is 15.9. The van der Waals surface area contributed by atoms with Crippen molar-refractivity contribution in [2.75, 3.05) is 12.1 Å². The molecular weight excluding hydrogens is 467 g/mol. The fourth-order valence-electron chi connectivity index (χ4n) is 3.53. The maximum atomic E-state index is 13.7. The van der Waals surface area contributed by atoms with Crippen molar-refractivity contribution in [2.24, 2.45) is 0 Å². The van der Waals surface area contributed by atoms with Crippen molar-refractivity contribution >= 4 is 36.4 Å². The Hall–Kier alpha value is -2.60. The quantitative estimate of drug-likeness (QED) is 0.286. The molecule has 0 saturated heterocycles. The second kappa shape index (κ2) is 10.3. The molecule has 188 valence electrons. The van der Waals surface area contributed by atoms with Crippen LogP contribution in [-0.4, -0.2) is 66.8 Å². The number of carbonyl (C=O) groups excluding carboxylic acids is 1. The van der Waals surface area contributed by atoms with Gasteiger partial charge >= 0.3 is 11.9 Å². The van der Waals surface area contributed by atoms with Gasteiger partial charge in [-0.1, -0.05) is 0 Å². The molecule has 1 aliphatic rings. The van der Waals surface area contributed by atoms with Gasteiger partial charge in [0.05, 0.1) is 25.1 Å². The molecule has 1 fully saturated rings. The van der Waals surface area contributed by atoms with Crippen LogP contribution in [0, 0.1) is 0 Å². The van der Waals surface area contributed by atoms with E-state index in [0.717, 1.165) is 0 Å². The zero-order valence-electron chi connectivity index (χ0n) is 19.6. The van der Waals surface area contributed by atoms with Gasteiger partial charge in [0.2, 0.25) is 0 Å². The van der Waals surface area contributed by atoms with E-state index in [1.165, 1.54) is 13.3 Å². The van der Waals surface area contributed by atoms with Gasteiger partial charge in [-0.05, 0) is 47.0 Å². The lowest BCUT2D eigenvalue weighted by Crippen LogP contribution is -2.56. The lowest BCUT2D eigenvalue weighted by Gasteiger charge is -2.41. The molecule has 3 unspecified atom stereocenters. The molecule has 0 amide bonds. The highest BCUT2D eigenvalue weighted by atomic mass is 31.2. The van der Waals surface area contributed by atoms with Gasteiger partial charge < -0.3 is 29.4 Å². The topological polar surface area (TPSA) is 181 Å². The van der Waals surface area contributed by atoms with Crippen molar-refractivity contribution in [2.45, 2.75) is 77.4 Å². The van der Waals surface area contributed by atoms with Crippen LogP contribution in [-0.2, 0) is 34.7 Å². The number of carboxylic acid groups (broad SMARTS) is 1. The number of rotatable bonds is 12. The Morgan fingerprint density at radius 2 is 1.97 bits per heavy atom. The second-order valence-electron chi connectivity index (χ2n) is 8.69. The molecule has 2 heterocycles. The molecule has 1 aliphatic carbocycles. The Bertz CT molecular complexity index is 1090. The predicted octanol–water partition coefficient (Wildman–Crippen LogP) is 1.92. The summed E-state index contributed by atoms with van der Waals surface area (Å²) in [5, 5.41) is 12.4. The third-order valence-electron chi connectivity index (χ3n) is 5.43. The molecule has 1 saturated carbocycles. The molecule has 14 heteroatoms. The monoisotopic (exact) mass is 498 g/mol. The van der Waals surface area contributed by atoms with Gasteiger partial charge in [0.25, 0.3) is 7.52 Å². The third kappa shape index (κ3) is 5.90. The van der Waals surface area contributed by atoms with Crippen LogP contribution in [0.25, 0.3) is 11.2 Å². The molecule has 0 bridgehead atoms. The van der Waals surface area contributed by atoms with Crippen LogP contribution >= 0.6 is 7.52 Å². The largest absolute Gasteiger partial charge is 0.480 e. The zero-order valence-corrected chi connectivity index (χ0v) is 20.5. The van der Waals surface area contributed by atoms with E-state index in [4.69, 9.17) is 19.7 Å². The Kier molecular flexibility index (Phi) is 7.91. The Morgan fingerprint density at radius 3 is 2.56 bits per heavy atom. The van der Waals surface area contributed by atoms with Crippen LogP contribution in [0.1, 0.15) is 47.0 Å². The summed E-state index contributed by atoms with van der Waals surface area (Å²) in [6, 6.07) is 0. The van der Waals surface area contributed by atoms with Gasteiger partial charge in [-0.3, -0.25) is 9.36 Å². The fraction of sp³-hybridized carbons (Fsp3) is 0.650. The minimum atomic E-state index is -3.94. The smallest absolute Gasteiger partial charge is 0.335 e. The van der Waals surface area contributed by atoms with Crippen LogP contribution in [0.5, 0.6) is 0 Å². The second-order valence-corrected chi connectivity index (χ2v) is 10.7. The first kappa shape index (κ1) is 26.0. The van der Waals surface area contributed by atoms with Crippen molar-refractivity contribution in [1.82, 2.24) is 24.6 Å². The first-order valence-corrected chi connectivity index (χ1v) is 12.8. The van der Waals surface area contributed by atoms with E-state index in [0.29, 0.717) is 24.1 Å². The lowest BCUT2D eigenvalue weighted by atomic mass is 9.78. The molecule has 2 aromatic heterocycles. The van der Waals surface area contributed by atoms with Crippen molar-refractivity contribution < 1.29 is 33.3 Å². The Balaban J connectivity index is 1.72. The Labute approximate surface area is 196 Å². The molecule has 3 atom stereocenters. The molecule has 34 heavy (non-hydrogen) atoms. The minimum absolute atomic E-state index is 0.251. The summed E-state index contributed by atoms with van der Waals surface area (Å²) < 4.78 is 31.9. The van der Waals surface area contributed by atoms with Gasteiger partial charge in [-0.25, -0.2) is 24.8 Å². The van der Waals surface area contributed by atoms with Gasteiger partial charge in [-0.2, -0.15) is 0 Å². The number of nitrogens with two attached hydrogens (primary N) is 1. The predicted molar refractivity (Wildman–Crippen MR) is 122 cm³/mol. The highest BCUT2D eigenvalue weighted by molar-refractivity contribution is 7.56. The molecule has 4 N–H and O–H groups in total. The van der Waals surface area contributed by atoms with E-state index in [-0.39, 0.29) is 24.8 Å². The average molecular weight is 498 g/mol. The molecule has 0 aromatic carbocycles. The molecular formula is C20H31N6O7P. The number of esters is 1. The first-order valence-electron chi connectivity index (χ1n) is 11.0. The van der Waals surface area contributed by atoms with Crippen LogP contribution < -0.4 is 10.8 Å². The standard InChI is InChI=1S/C20H31N6O7P/c1-12(2)32-18(27)14(4)33-34(30,25-20(19(28)29)6-5-7-20)11-31-13(3)8-26-10-24-15-16(21)22-9-23-17(15)26/h9-10,12-14H,5-8,11H2,1-4H3,(H,25,30)(H,28,29)(H2,21,22,23). The van der Waals surface area contributed by atoms with Gasteiger partial charge in [-0.15, -0.1) is 0 Å². The van der Waals surface area contributed by atoms with Crippen molar-refractivity contribution in [3.8, 4) is 0 Å². The number of anilines is 1. The average Bonchev–Trinajstić information content (AvgIpc) is 3.13. The van der Waals surface area contributed by atoms with E-state index in [1.807, 2.05) is 0 Å². The normalized spacial score (nSPS) is 18.7. The highest BCUT2D eigenvalue weighted by Gasteiger charge is 2.50. The molecule has 3 rings (SSSR count). The molecule has 13 nitrogen and oxygen atoms in total. The molecule has 0 aliphatic heterocycles. The van der Waals surface area contributed by atoms with E-state index in [9.17, 15) is 19.3 Å². The van der Waals surface area contributed by atoms with E-state index in [2.05, 4.69) is 20.0 Å². The number of nitrogens with one attached hydrogen (secondary N) is 1. The summed E-state index contributed by atoms with van der Waals surface area (Å²) >= 11 is 0. The Morgan fingerprint density at radius 1 is 1.26 bits per heavy atom. The van der Waals surface area contributed by atoms with Crippen molar-refractivity contribution in [1.29, 1.82) is 0 Å². The van der Waals surface area contributed by atoms with Crippen LogP contribution in [0.15, 0.2) is 12.7 Å². The number of nitrogen functional groups attached to an aromatic ring is 1. The number of carbonyl (C=O) groups is 2. The summed E-state index contributed by atoms with van der Waals surface area (Å²) in [6.07, 6.45) is 1.59. The number of hydrogen-bond acceptors (Lipinski definition) is 10. The van der Waals surface area contributed by atoms with Gasteiger partial charge in [0, 0.05) is 0 Å². The SMILES string of the molecule is CC(C)OC(=O)C(C)OP(=O)(COC(C)Cn1cnc2c(N)ncnc21)NC1(C(=O)O)CCC1. The third-order valence-corrected chi connectivity index (χ3v) is 7.34. The van der Waals surface area contributed by atoms with Crippen LogP contribution in [0.3, 0.4) is 0 Å². The highest BCUT2D eigenvalue weighted by Crippen LogP contribution is 2.50.